The third-order valence-corrected chi connectivity index (χ3v) is 6.11. The van der Waals surface area contributed by atoms with E-state index in [1.54, 1.807) is 12.1 Å². The van der Waals surface area contributed by atoms with Crippen LogP contribution in [0.5, 0.6) is 11.5 Å². The van der Waals surface area contributed by atoms with Gasteiger partial charge in [-0.05, 0) is 48.5 Å². The number of barbiturate groups is 1. The molecule has 12 nitrogen and oxygen atoms in total. The van der Waals surface area contributed by atoms with Gasteiger partial charge in [-0.25, -0.2) is 9.69 Å². The van der Waals surface area contributed by atoms with Crippen LogP contribution in [0.4, 0.5) is 21.9 Å². The number of amides is 4. The fraction of sp³-hybridized carbons (Fsp3) is 0. The normalized spacial score (nSPS) is 14.4. The van der Waals surface area contributed by atoms with Crippen LogP contribution in [0.2, 0.25) is 10.0 Å². The van der Waals surface area contributed by atoms with Crippen molar-refractivity contribution in [2.24, 2.45) is 0 Å². The highest BCUT2D eigenvalue weighted by Crippen LogP contribution is 2.41. The maximum atomic E-state index is 13.2. The molecule has 0 atom stereocenters. The molecule has 1 aliphatic rings. The molecule has 15 heteroatoms. The Morgan fingerprint density at radius 1 is 0.947 bits per heavy atom. The highest BCUT2D eigenvalue weighted by atomic mass is 79.9. The summed E-state index contributed by atoms with van der Waals surface area (Å²) in [5.74, 6) is -2.63. The molecule has 3 aromatic rings. The van der Waals surface area contributed by atoms with Gasteiger partial charge in [-0.15, -0.1) is 0 Å². The van der Waals surface area contributed by atoms with Gasteiger partial charge in [0.25, 0.3) is 17.5 Å². The number of nitro benzene ring substituents is 2. The molecule has 1 fully saturated rings. The van der Waals surface area contributed by atoms with Crippen molar-refractivity contribution in [2.45, 2.75) is 0 Å². The van der Waals surface area contributed by atoms with Crippen molar-refractivity contribution in [3.63, 3.8) is 0 Å². The van der Waals surface area contributed by atoms with Gasteiger partial charge in [-0.1, -0.05) is 39.1 Å². The van der Waals surface area contributed by atoms with E-state index in [4.69, 9.17) is 27.9 Å². The van der Waals surface area contributed by atoms with Gasteiger partial charge in [0.2, 0.25) is 5.75 Å². The molecule has 1 heterocycles. The number of nitro groups is 2. The quantitative estimate of drug-likeness (QED) is 0.151. The second kappa shape index (κ2) is 10.6. The van der Waals surface area contributed by atoms with Crippen molar-refractivity contribution in [2.75, 3.05) is 4.90 Å². The number of carbonyl (C=O) groups excluding carboxylic acids is 3. The van der Waals surface area contributed by atoms with E-state index >= 15 is 0 Å². The molecule has 0 aromatic heterocycles. The highest BCUT2D eigenvalue weighted by molar-refractivity contribution is 9.10. The lowest BCUT2D eigenvalue weighted by Crippen LogP contribution is -2.54. The fourth-order valence-electron chi connectivity index (χ4n) is 3.39. The summed E-state index contributed by atoms with van der Waals surface area (Å²) in [6, 6.07) is 10.4. The van der Waals surface area contributed by atoms with E-state index in [1.807, 2.05) is 0 Å². The van der Waals surface area contributed by atoms with E-state index in [9.17, 15) is 34.6 Å². The third-order valence-electron chi connectivity index (χ3n) is 5.09. The minimum absolute atomic E-state index is 0.0428. The van der Waals surface area contributed by atoms with Crippen molar-refractivity contribution < 1.29 is 29.0 Å². The average Bonchev–Trinajstić information content (AvgIpc) is 2.84. The summed E-state index contributed by atoms with van der Waals surface area (Å²) in [7, 11) is 0. The van der Waals surface area contributed by atoms with E-state index in [-0.39, 0.29) is 27.0 Å². The van der Waals surface area contributed by atoms with Crippen LogP contribution in [0.1, 0.15) is 5.56 Å². The van der Waals surface area contributed by atoms with Gasteiger partial charge in [0.15, 0.2) is 5.75 Å². The first-order valence-corrected chi connectivity index (χ1v) is 11.8. The Hall–Kier alpha value is -4.33. The molecule has 0 radical (unpaired) electrons. The van der Waals surface area contributed by atoms with Crippen LogP contribution in [0, 0.1) is 20.2 Å². The van der Waals surface area contributed by atoms with Crippen molar-refractivity contribution in [1.82, 2.24) is 5.32 Å². The van der Waals surface area contributed by atoms with Gasteiger partial charge >= 0.3 is 11.7 Å². The van der Waals surface area contributed by atoms with Gasteiger partial charge in [0.05, 0.1) is 26.6 Å². The first-order valence-electron chi connectivity index (χ1n) is 10.2. The number of non-ortho nitro benzene ring substituents is 1. The molecule has 4 rings (SSSR count). The number of urea groups is 1. The number of halogens is 3. The van der Waals surface area contributed by atoms with Crippen molar-refractivity contribution >= 4 is 80.1 Å². The minimum Gasteiger partial charge on any atom is -0.448 e. The lowest BCUT2D eigenvalue weighted by Gasteiger charge is -2.26. The maximum absolute atomic E-state index is 13.2. The average molecular weight is 622 g/mol. The number of benzene rings is 3. The number of hydrogen-bond donors (Lipinski definition) is 1. The summed E-state index contributed by atoms with van der Waals surface area (Å²) in [4.78, 5) is 59.9. The number of carbonyl (C=O) groups is 3. The molecule has 0 aliphatic carbocycles. The Balaban J connectivity index is 1.81. The summed E-state index contributed by atoms with van der Waals surface area (Å²) in [6.07, 6.45) is 1.06. The first kappa shape index (κ1) is 26.7. The van der Waals surface area contributed by atoms with Crippen molar-refractivity contribution in [3.8, 4) is 11.5 Å². The Morgan fingerprint density at radius 2 is 1.63 bits per heavy atom. The van der Waals surface area contributed by atoms with Gasteiger partial charge in [0, 0.05) is 21.1 Å². The zero-order chi connectivity index (χ0) is 27.7. The molecule has 1 saturated heterocycles. The Labute approximate surface area is 230 Å². The standard InChI is InChI=1S/C23H11BrCl2N4O8/c24-12-1-3-14(4-2-12)28-22(32)16(21(31)27-23(28)33)8-11-7-13(25)9-17(26)20(11)38-19-6-5-15(29(34)35)10-18(19)30(36)37/h1-10H,(H,27,31,33)/b16-8+. The summed E-state index contributed by atoms with van der Waals surface area (Å²) in [5, 5.41) is 24.6. The van der Waals surface area contributed by atoms with Crippen LogP contribution in [0.25, 0.3) is 6.08 Å². The Kier molecular flexibility index (Phi) is 7.44. The molecule has 4 amide bonds. The van der Waals surface area contributed by atoms with Gasteiger partial charge in [-0.2, -0.15) is 0 Å². The first-order chi connectivity index (χ1) is 18.0. The molecule has 38 heavy (non-hydrogen) atoms. The lowest BCUT2D eigenvalue weighted by atomic mass is 10.1. The van der Waals surface area contributed by atoms with Crippen LogP contribution < -0.4 is 15.0 Å². The number of hydrogen-bond acceptors (Lipinski definition) is 8. The highest BCUT2D eigenvalue weighted by Gasteiger charge is 2.37. The molecular formula is C23H11BrCl2N4O8. The summed E-state index contributed by atoms with van der Waals surface area (Å²) >= 11 is 15.6. The second-order valence-corrected chi connectivity index (χ2v) is 9.27. The molecule has 192 valence electrons. The second-order valence-electron chi connectivity index (χ2n) is 7.51. The van der Waals surface area contributed by atoms with Gasteiger partial charge in [0.1, 0.15) is 5.57 Å². The van der Waals surface area contributed by atoms with E-state index in [0.717, 1.165) is 23.1 Å². The molecule has 3 aromatic carbocycles. The molecule has 1 aliphatic heterocycles. The van der Waals surface area contributed by atoms with Crippen molar-refractivity contribution in [1.29, 1.82) is 0 Å². The predicted molar refractivity (Wildman–Crippen MR) is 139 cm³/mol. The smallest absolute Gasteiger partial charge is 0.335 e. The van der Waals surface area contributed by atoms with E-state index in [0.29, 0.717) is 10.5 Å². The van der Waals surface area contributed by atoms with Crippen LogP contribution in [-0.4, -0.2) is 27.7 Å². The number of nitrogens with one attached hydrogen (secondary N) is 1. The number of nitrogens with zero attached hydrogens (tertiary/aromatic N) is 3. The summed E-state index contributed by atoms with van der Waals surface area (Å²) in [6.45, 7) is 0. The van der Waals surface area contributed by atoms with E-state index < -0.39 is 50.4 Å². The topological polar surface area (TPSA) is 162 Å². The zero-order valence-corrected chi connectivity index (χ0v) is 21.6. The van der Waals surface area contributed by atoms with Crippen LogP contribution in [-0.2, 0) is 9.59 Å². The van der Waals surface area contributed by atoms with Crippen LogP contribution in [0.15, 0.2) is 64.6 Å². The molecule has 0 bridgehead atoms. The molecule has 0 unspecified atom stereocenters. The van der Waals surface area contributed by atoms with Crippen molar-refractivity contribution in [3.05, 3.63) is 100 Å². The lowest BCUT2D eigenvalue weighted by molar-refractivity contribution is -0.394. The molecule has 0 spiro atoms. The SMILES string of the molecule is O=C1NC(=O)N(c2ccc(Br)cc2)C(=O)/C1=C/c1cc(Cl)cc(Cl)c1Oc1ccc([N+](=O)[O-])cc1[N+](=O)[O-]. The number of imide groups is 2. The van der Waals surface area contributed by atoms with Crippen LogP contribution in [0.3, 0.4) is 0 Å². The van der Waals surface area contributed by atoms with Crippen LogP contribution >= 0.6 is 39.1 Å². The monoisotopic (exact) mass is 620 g/mol. The molecule has 1 N–H and O–H groups in total. The number of anilines is 1. The third kappa shape index (κ3) is 5.34. The zero-order valence-electron chi connectivity index (χ0n) is 18.5. The van der Waals surface area contributed by atoms with Gasteiger partial charge < -0.3 is 4.74 Å². The molecular weight excluding hydrogens is 611 g/mol. The number of ether oxygens (including phenoxy) is 1. The summed E-state index contributed by atoms with van der Waals surface area (Å²) in [5.41, 5.74) is -1.64. The summed E-state index contributed by atoms with van der Waals surface area (Å²) < 4.78 is 6.34. The number of rotatable bonds is 6. The Bertz CT molecular complexity index is 1580. The fourth-order valence-corrected chi connectivity index (χ4v) is 4.20. The predicted octanol–water partition coefficient (Wildman–Crippen LogP) is 6.03. The molecule has 0 saturated carbocycles. The van der Waals surface area contributed by atoms with E-state index in [1.165, 1.54) is 24.3 Å². The van der Waals surface area contributed by atoms with Gasteiger partial charge in [-0.3, -0.25) is 35.1 Å². The largest absolute Gasteiger partial charge is 0.448 e. The Morgan fingerprint density at radius 3 is 2.26 bits per heavy atom. The minimum atomic E-state index is -1.02. The maximum Gasteiger partial charge on any atom is 0.335 e. The van der Waals surface area contributed by atoms with E-state index in [2.05, 4.69) is 21.2 Å².